The molecule has 0 amide bonds. The van der Waals surface area contributed by atoms with Crippen LogP contribution in [0.5, 0.6) is 0 Å². The zero-order chi connectivity index (χ0) is 12.1. The number of nitrogens with one attached hydrogen (secondary N) is 2. The topological polar surface area (TPSA) is 70.1 Å². The van der Waals surface area contributed by atoms with Crippen LogP contribution in [0.4, 0.5) is 11.6 Å². The highest BCUT2D eigenvalue weighted by atomic mass is 16.3. The van der Waals surface area contributed by atoms with Crippen molar-refractivity contribution in [3.63, 3.8) is 0 Å². The predicted molar refractivity (Wildman–Crippen MR) is 68.0 cm³/mol. The maximum atomic E-state index is 9.60. The summed E-state index contributed by atoms with van der Waals surface area (Å²) in [4.78, 5) is 8.23. The molecule has 2 rings (SSSR count). The van der Waals surface area contributed by atoms with E-state index >= 15 is 0 Å². The number of anilines is 2. The van der Waals surface area contributed by atoms with Gasteiger partial charge in [0.25, 0.3) is 0 Å². The molecule has 1 heterocycles. The van der Waals surface area contributed by atoms with Crippen molar-refractivity contribution in [3.8, 4) is 0 Å². The van der Waals surface area contributed by atoms with Crippen molar-refractivity contribution < 1.29 is 5.11 Å². The van der Waals surface area contributed by atoms with Crippen molar-refractivity contribution in [2.24, 2.45) is 5.92 Å². The molecule has 1 fully saturated rings. The van der Waals surface area contributed by atoms with Gasteiger partial charge in [-0.15, -0.1) is 0 Å². The quantitative estimate of drug-likeness (QED) is 0.738. The fourth-order valence-corrected chi connectivity index (χ4v) is 2.29. The third-order valence-electron chi connectivity index (χ3n) is 3.25. The van der Waals surface area contributed by atoms with Gasteiger partial charge in [0, 0.05) is 19.7 Å². The van der Waals surface area contributed by atoms with E-state index < -0.39 is 0 Å². The molecule has 1 aliphatic rings. The first-order valence-electron chi connectivity index (χ1n) is 6.19. The molecular weight excluding hydrogens is 216 g/mol. The Morgan fingerprint density at radius 3 is 2.94 bits per heavy atom. The molecule has 5 nitrogen and oxygen atoms in total. The van der Waals surface area contributed by atoms with Gasteiger partial charge in [-0.3, -0.25) is 0 Å². The minimum absolute atomic E-state index is 0.117. The fourth-order valence-electron chi connectivity index (χ4n) is 2.29. The number of aromatic nitrogens is 2. The molecular formula is C12H20N4O. The number of aliphatic hydroxyl groups excluding tert-OH is 1. The first-order chi connectivity index (χ1) is 8.28. The van der Waals surface area contributed by atoms with Gasteiger partial charge in [0.2, 0.25) is 0 Å². The first-order valence-corrected chi connectivity index (χ1v) is 6.19. The van der Waals surface area contributed by atoms with Crippen LogP contribution in [0.25, 0.3) is 0 Å². The molecule has 3 N–H and O–H groups in total. The predicted octanol–water partition coefficient (Wildman–Crippen LogP) is 1.48. The van der Waals surface area contributed by atoms with Crippen molar-refractivity contribution in [2.45, 2.75) is 31.8 Å². The summed E-state index contributed by atoms with van der Waals surface area (Å²) in [6.45, 7) is 0.872. The molecule has 94 valence electrons. The van der Waals surface area contributed by atoms with Gasteiger partial charge in [-0.1, -0.05) is 6.42 Å². The van der Waals surface area contributed by atoms with Gasteiger partial charge in [0.1, 0.15) is 18.0 Å². The summed E-state index contributed by atoms with van der Waals surface area (Å²) in [7, 11) is 1.84. The van der Waals surface area contributed by atoms with E-state index in [2.05, 4.69) is 20.6 Å². The maximum absolute atomic E-state index is 9.60. The lowest BCUT2D eigenvalue weighted by atomic mass is 9.87. The Balaban J connectivity index is 1.84. The summed E-state index contributed by atoms with van der Waals surface area (Å²) in [5.41, 5.74) is 0. The average Bonchev–Trinajstić information content (AvgIpc) is 2.37. The van der Waals surface area contributed by atoms with E-state index in [9.17, 15) is 5.11 Å². The maximum Gasteiger partial charge on any atom is 0.131 e. The SMILES string of the molecule is CNc1cc(NCC2CCCC(O)C2)ncn1. The molecule has 2 atom stereocenters. The van der Waals surface area contributed by atoms with Gasteiger partial charge in [0.15, 0.2) is 0 Å². The molecule has 0 spiro atoms. The molecule has 5 heteroatoms. The standard InChI is InChI=1S/C12H20N4O/c1-13-11-6-12(16-8-15-11)14-7-9-3-2-4-10(17)5-9/h6,8-10,17H,2-5,7H2,1H3,(H2,13,14,15,16). The molecule has 0 radical (unpaired) electrons. The molecule has 0 saturated heterocycles. The smallest absolute Gasteiger partial charge is 0.131 e. The first kappa shape index (κ1) is 12.1. The molecule has 1 aliphatic carbocycles. The van der Waals surface area contributed by atoms with Gasteiger partial charge < -0.3 is 15.7 Å². The molecule has 1 aromatic heterocycles. The Morgan fingerprint density at radius 1 is 1.35 bits per heavy atom. The Hall–Kier alpha value is -1.36. The molecule has 1 saturated carbocycles. The van der Waals surface area contributed by atoms with Crippen molar-refractivity contribution in [1.82, 2.24) is 9.97 Å². The van der Waals surface area contributed by atoms with Gasteiger partial charge in [-0.2, -0.15) is 0 Å². The second-order valence-corrected chi connectivity index (χ2v) is 4.61. The highest BCUT2D eigenvalue weighted by Crippen LogP contribution is 2.24. The van der Waals surface area contributed by atoms with Crippen molar-refractivity contribution in [3.05, 3.63) is 12.4 Å². The van der Waals surface area contributed by atoms with Crippen LogP contribution in [0.2, 0.25) is 0 Å². The third-order valence-corrected chi connectivity index (χ3v) is 3.25. The van der Waals surface area contributed by atoms with Crippen LogP contribution in [0.3, 0.4) is 0 Å². The second kappa shape index (κ2) is 5.82. The van der Waals surface area contributed by atoms with Crippen LogP contribution in [0, 0.1) is 5.92 Å². The van der Waals surface area contributed by atoms with Gasteiger partial charge in [-0.05, 0) is 25.2 Å². The molecule has 0 aliphatic heterocycles. The number of rotatable bonds is 4. The highest BCUT2D eigenvalue weighted by Gasteiger charge is 2.19. The number of hydrogen-bond acceptors (Lipinski definition) is 5. The third kappa shape index (κ3) is 3.56. The molecule has 2 unspecified atom stereocenters. The van der Waals surface area contributed by atoms with E-state index in [1.807, 2.05) is 13.1 Å². The summed E-state index contributed by atoms with van der Waals surface area (Å²) in [5.74, 6) is 2.20. The number of aliphatic hydroxyl groups is 1. The second-order valence-electron chi connectivity index (χ2n) is 4.61. The summed E-state index contributed by atoms with van der Waals surface area (Å²) in [6.07, 6.45) is 5.59. The van der Waals surface area contributed by atoms with Crippen molar-refractivity contribution >= 4 is 11.6 Å². The summed E-state index contributed by atoms with van der Waals surface area (Å²) < 4.78 is 0. The largest absolute Gasteiger partial charge is 0.393 e. The van der Waals surface area contributed by atoms with Crippen LogP contribution < -0.4 is 10.6 Å². The van der Waals surface area contributed by atoms with Crippen LogP contribution in [0.1, 0.15) is 25.7 Å². The Morgan fingerprint density at radius 2 is 2.18 bits per heavy atom. The normalized spacial score (nSPS) is 24.4. The van der Waals surface area contributed by atoms with E-state index in [-0.39, 0.29) is 6.10 Å². The zero-order valence-electron chi connectivity index (χ0n) is 10.2. The van der Waals surface area contributed by atoms with E-state index in [0.717, 1.165) is 37.4 Å². The van der Waals surface area contributed by atoms with E-state index in [0.29, 0.717) is 5.92 Å². The molecule has 0 aromatic carbocycles. The van der Waals surface area contributed by atoms with Crippen LogP contribution >= 0.6 is 0 Å². The van der Waals surface area contributed by atoms with Crippen molar-refractivity contribution in [1.29, 1.82) is 0 Å². The molecule has 1 aromatic rings. The van der Waals surface area contributed by atoms with Crippen LogP contribution in [0.15, 0.2) is 12.4 Å². The number of hydrogen-bond donors (Lipinski definition) is 3. The summed E-state index contributed by atoms with van der Waals surface area (Å²) >= 11 is 0. The summed E-state index contributed by atoms with van der Waals surface area (Å²) in [5, 5.41) is 15.9. The highest BCUT2D eigenvalue weighted by molar-refractivity contribution is 5.45. The Kier molecular flexibility index (Phi) is 4.14. The average molecular weight is 236 g/mol. The summed E-state index contributed by atoms with van der Waals surface area (Å²) in [6, 6.07) is 1.89. The zero-order valence-corrected chi connectivity index (χ0v) is 10.2. The molecule has 0 bridgehead atoms. The van der Waals surface area contributed by atoms with Crippen LogP contribution in [-0.4, -0.2) is 34.8 Å². The van der Waals surface area contributed by atoms with Crippen molar-refractivity contribution in [2.75, 3.05) is 24.2 Å². The van der Waals surface area contributed by atoms with Crippen LogP contribution in [-0.2, 0) is 0 Å². The molecule has 17 heavy (non-hydrogen) atoms. The van der Waals surface area contributed by atoms with E-state index in [4.69, 9.17) is 0 Å². The monoisotopic (exact) mass is 236 g/mol. The van der Waals surface area contributed by atoms with E-state index in [1.165, 1.54) is 6.42 Å². The number of nitrogens with zero attached hydrogens (tertiary/aromatic N) is 2. The lowest BCUT2D eigenvalue weighted by Gasteiger charge is -2.26. The fraction of sp³-hybridized carbons (Fsp3) is 0.667. The Labute approximate surface area is 102 Å². The van der Waals surface area contributed by atoms with Gasteiger partial charge in [0.05, 0.1) is 6.10 Å². The minimum Gasteiger partial charge on any atom is -0.393 e. The lowest BCUT2D eigenvalue weighted by molar-refractivity contribution is 0.104. The lowest BCUT2D eigenvalue weighted by Crippen LogP contribution is -2.25. The van der Waals surface area contributed by atoms with Gasteiger partial charge in [-0.25, -0.2) is 9.97 Å². The van der Waals surface area contributed by atoms with E-state index in [1.54, 1.807) is 6.33 Å². The minimum atomic E-state index is -0.117. The van der Waals surface area contributed by atoms with Gasteiger partial charge >= 0.3 is 0 Å². The Bertz CT molecular complexity index is 358.